The molecule has 2 aromatic heterocycles. The van der Waals surface area contributed by atoms with Crippen molar-refractivity contribution in [3.05, 3.63) is 47.2 Å². The predicted octanol–water partition coefficient (Wildman–Crippen LogP) is 2.50. The summed E-state index contributed by atoms with van der Waals surface area (Å²) in [4.78, 5) is 20.7. The summed E-state index contributed by atoms with van der Waals surface area (Å²) in [6.07, 6.45) is 1.55. The van der Waals surface area contributed by atoms with Crippen LogP contribution in [0, 0.1) is 6.92 Å². The molecule has 0 aliphatic rings. The van der Waals surface area contributed by atoms with E-state index in [2.05, 4.69) is 19.7 Å². The largest absolute Gasteiger partial charge is 0.323 e. The summed E-state index contributed by atoms with van der Waals surface area (Å²) in [5.74, 6) is 0.790. The van der Waals surface area contributed by atoms with Crippen LogP contribution in [0.3, 0.4) is 0 Å². The van der Waals surface area contributed by atoms with Crippen LogP contribution in [0.4, 0.5) is 5.95 Å². The van der Waals surface area contributed by atoms with Gasteiger partial charge in [-0.15, -0.1) is 0 Å². The van der Waals surface area contributed by atoms with Crippen molar-refractivity contribution >= 4 is 23.4 Å². The van der Waals surface area contributed by atoms with Gasteiger partial charge in [-0.05, 0) is 18.5 Å². The molecule has 0 bridgehead atoms. The van der Waals surface area contributed by atoms with Gasteiger partial charge in [-0.2, -0.15) is 4.37 Å². The molecule has 0 atom stereocenters. The third-order valence-corrected chi connectivity index (χ3v) is 3.63. The number of aromatic nitrogens is 4. The van der Waals surface area contributed by atoms with Crippen LogP contribution in [0.25, 0.3) is 11.4 Å². The molecule has 2 heterocycles. The molecule has 0 radical (unpaired) electrons. The van der Waals surface area contributed by atoms with Crippen molar-refractivity contribution in [2.75, 3.05) is 5.32 Å². The maximum atomic E-state index is 12.2. The number of hydrogen-bond acceptors (Lipinski definition) is 5. The third-order valence-electron chi connectivity index (χ3n) is 3.01. The summed E-state index contributed by atoms with van der Waals surface area (Å²) in [5.41, 5.74) is 1.42. The summed E-state index contributed by atoms with van der Waals surface area (Å²) in [5, 5.41) is 3.48. The number of nitrogens with zero attached hydrogens (tertiary/aromatic N) is 4. The second kappa shape index (κ2) is 5.45. The average molecular weight is 299 g/mol. The molecule has 0 spiro atoms. The SMILES string of the molecule is Cc1nc(NC(=O)c2cnc(-c3ccccc3)n2C)ns1. The van der Waals surface area contributed by atoms with Crippen LogP contribution in [-0.4, -0.2) is 24.8 Å². The van der Waals surface area contributed by atoms with E-state index in [1.54, 1.807) is 10.8 Å². The van der Waals surface area contributed by atoms with Gasteiger partial charge in [0.15, 0.2) is 0 Å². The maximum absolute atomic E-state index is 12.2. The Balaban J connectivity index is 1.87. The Labute approximate surface area is 125 Å². The fourth-order valence-corrected chi connectivity index (χ4v) is 2.42. The molecule has 0 saturated carbocycles. The van der Waals surface area contributed by atoms with Crippen molar-refractivity contribution in [2.45, 2.75) is 6.92 Å². The summed E-state index contributed by atoms with van der Waals surface area (Å²) in [6.45, 7) is 1.84. The number of imidazole rings is 1. The van der Waals surface area contributed by atoms with E-state index < -0.39 is 0 Å². The standard InChI is InChI=1S/C14H13N5OS/c1-9-16-14(18-21-9)17-13(20)11-8-15-12(19(11)2)10-6-4-3-5-7-10/h3-8H,1-2H3,(H,17,18,20). The third kappa shape index (κ3) is 2.68. The number of nitrogens with one attached hydrogen (secondary N) is 1. The van der Waals surface area contributed by atoms with Crippen LogP contribution >= 0.6 is 11.5 Å². The zero-order valence-corrected chi connectivity index (χ0v) is 12.4. The first-order chi connectivity index (χ1) is 10.1. The fourth-order valence-electron chi connectivity index (χ4n) is 1.99. The summed E-state index contributed by atoms with van der Waals surface area (Å²) in [6, 6.07) is 9.72. The predicted molar refractivity (Wildman–Crippen MR) is 81.2 cm³/mol. The van der Waals surface area contributed by atoms with E-state index in [0.717, 1.165) is 16.4 Å². The van der Waals surface area contributed by atoms with E-state index in [9.17, 15) is 4.79 Å². The Morgan fingerprint density at radius 3 is 2.71 bits per heavy atom. The lowest BCUT2D eigenvalue weighted by Gasteiger charge is -2.05. The van der Waals surface area contributed by atoms with Crippen LogP contribution in [-0.2, 0) is 7.05 Å². The second-order valence-electron chi connectivity index (χ2n) is 4.48. The number of carbonyl (C=O) groups excluding carboxylic acids is 1. The zero-order chi connectivity index (χ0) is 14.8. The zero-order valence-electron chi connectivity index (χ0n) is 11.6. The molecule has 1 aromatic carbocycles. The van der Waals surface area contributed by atoms with Crippen molar-refractivity contribution in [3.8, 4) is 11.4 Å². The number of rotatable bonds is 3. The number of carbonyl (C=O) groups is 1. The number of benzene rings is 1. The molecule has 106 valence electrons. The van der Waals surface area contributed by atoms with Gasteiger partial charge < -0.3 is 4.57 Å². The highest BCUT2D eigenvalue weighted by Gasteiger charge is 2.16. The molecule has 21 heavy (non-hydrogen) atoms. The highest BCUT2D eigenvalue weighted by molar-refractivity contribution is 7.05. The van der Waals surface area contributed by atoms with Gasteiger partial charge in [0.25, 0.3) is 5.91 Å². The molecule has 0 saturated heterocycles. The van der Waals surface area contributed by atoms with Crippen LogP contribution in [0.1, 0.15) is 15.5 Å². The van der Waals surface area contributed by atoms with Gasteiger partial charge in [0.2, 0.25) is 5.95 Å². The Morgan fingerprint density at radius 2 is 2.05 bits per heavy atom. The van der Waals surface area contributed by atoms with Crippen molar-refractivity contribution in [1.82, 2.24) is 18.9 Å². The lowest BCUT2D eigenvalue weighted by molar-refractivity contribution is 0.101. The van der Waals surface area contributed by atoms with E-state index in [0.29, 0.717) is 11.6 Å². The molecule has 0 unspecified atom stereocenters. The van der Waals surface area contributed by atoms with E-state index >= 15 is 0 Å². The Bertz CT molecular complexity index is 778. The van der Waals surface area contributed by atoms with Crippen molar-refractivity contribution in [2.24, 2.45) is 7.05 Å². The highest BCUT2D eigenvalue weighted by Crippen LogP contribution is 2.18. The summed E-state index contributed by atoms with van der Waals surface area (Å²) in [7, 11) is 1.81. The van der Waals surface area contributed by atoms with Gasteiger partial charge in [0, 0.05) is 12.6 Å². The Kier molecular flexibility index (Phi) is 3.49. The number of hydrogen-bond donors (Lipinski definition) is 1. The topological polar surface area (TPSA) is 72.7 Å². The Hall–Kier alpha value is -2.54. The van der Waals surface area contributed by atoms with E-state index in [-0.39, 0.29) is 5.91 Å². The molecular formula is C14H13N5OS. The minimum Gasteiger partial charge on any atom is -0.323 e. The molecule has 0 fully saturated rings. The minimum atomic E-state index is -0.273. The van der Waals surface area contributed by atoms with Gasteiger partial charge >= 0.3 is 0 Å². The first kappa shape index (κ1) is 13.4. The minimum absolute atomic E-state index is 0.273. The number of amides is 1. The molecular weight excluding hydrogens is 286 g/mol. The summed E-state index contributed by atoms with van der Waals surface area (Å²) >= 11 is 1.25. The molecule has 7 heteroatoms. The van der Waals surface area contributed by atoms with Crippen LogP contribution in [0.2, 0.25) is 0 Å². The van der Waals surface area contributed by atoms with E-state index in [1.165, 1.54) is 11.5 Å². The smallest absolute Gasteiger partial charge is 0.276 e. The molecule has 0 aliphatic heterocycles. The fraction of sp³-hybridized carbons (Fsp3) is 0.143. The first-order valence-electron chi connectivity index (χ1n) is 6.34. The van der Waals surface area contributed by atoms with Crippen LogP contribution in [0.15, 0.2) is 36.5 Å². The molecule has 1 N–H and O–H groups in total. The second-order valence-corrected chi connectivity index (χ2v) is 5.44. The molecule has 3 rings (SSSR count). The van der Waals surface area contributed by atoms with Gasteiger partial charge in [-0.1, -0.05) is 30.3 Å². The van der Waals surface area contributed by atoms with Gasteiger partial charge in [0.05, 0.1) is 6.20 Å². The monoisotopic (exact) mass is 299 g/mol. The highest BCUT2D eigenvalue weighted by atomic mass is 32.1. The summed E-state index contributed by atoms with van der Waals surface area (Å²) < 4.78 is 5.80. The first-order valence-corrected chi connectivity index (χ1v) is 7.11. The molecule has 6 nitrogen and oxygen atoms in total. The normalized spacial score (nSPS) is 10.6. The Morgan fingerprint density at radius 1 is 1.29 bits per heavy atom. The van der Waals surface area contributed by atoms with Gasteiger partial charge in [0.1, 0.15) is 16.5 Å². The van der Waals surface area contributed by atoms with E-state index in [1.807, 2.05) is 44.3 Å². The van der Waals surface area contributed by atoms with Crippen molar-refractivity contribution in [1.29, 1.82) is 0 Å². The number of aryl methyl sites for hydroxylation is 1. The van der Waals surface area contributed by atoms with Crippen molar-refractivity contribution < 1.29 is 4.79 Å². The number of anilines is 1. The lowest BCUT2D eigenvalue weighted by Crippen LogP contribution is -2.16. The lowest BCUT2D eigenvalue weighted by atomic mass is 10.2. The maximum Gasteiger partial charge on any atom is 0.276 e. The van der Waals surface area contributed by atoms with Crippen LogP contribution < -0.4 is 5.32 Å². The van der Waals surface area contributed by atoms with Gasteiger partial charge in [-0.25, -0.2) is 9.97 Å². The molecule has 3 aromatic rings. The average Bonchev–Trinajstić information content (AvgIpc) is 3.06. The molecule has 1 amide bonds. The van der Waals surface area contributed by atoms with Gasteiger partial charge in [-0.3, -0.25) is 10.1 Å². The quantitative estimate of drug-likeness (QED) is 0.806. The van der Waals surface area contributed by atoms with E-state index in [4.69, 9.17) is 0 Å². The van der Waals surface area contributed by atoms with Crippen LogP contribution in [0.5, 0.6) is 0 Å². The van der Waals surface area contributed by atoms with Crippen molar-refractivity contribution in [3.63, 3.8) is 0 Å². The molecule has 0 aliphatic carbocycles.